The van der Waals surface area contributed by atoms with Crippen LogP contribution in [0.3, 0.4) is 0 Å². The van der Waals surface area contributed by atoms with Crippen molar-refractivity contribution in [3.05, 3.63) is 0 Å². The first-order valence-electron chi connectivity index (χ1n) is 5.54. The molecular formula is C11H14O7. The topological polar surface area (TPSA) is 88.1 Å². The first-order chi connectivity index (χ1) is 8.56. The molecule has 2 rings (SSSR count). The van der Waals surface area contributed by atoms with Crippen molar-refractivity contribution >= 4 is 17.9 Å². The molecule has 2 aliphatic heterocycles. The van der Waals surface area contributed by atoms with Crippen LogP contribution in [0.4, 0.5) is 0 Å². The molecule has 2 saturated heterocycles. The molecule has 0 aliphatic carbocycles. The van der Waals surface area contributed by atoms with Crippen molar-refractivity contribution in [3.8, 4) is 0 Å². The van der Waals surface area contributed by atoms with Crippen molar-refractivity contribution in [2.45, 2.75) is 19.1 Å². The molecule has 0 amide bonds. The SMILES string of the molecule is COC(=O)C1(C2CC(=O)OC2OC)CCOC1=O. The van der Waals surface area contributed by atoms with Gasteiger partial charge in [-0.2, -0.15) is 0 Å². The van der Waals surface area contributed by atoms with Crippen molar-refractivity contribution in [2.24, 2.45) is 11.3 Å². The van der Waals surface area contributed by atoms with E-state index in [4.69, 9.17) is 14.2 Å². The second-order valence-electron chi connectivity index (χ2n) is 4.25. The molecule has 0 radical (unpaired) electrons. The van der Waals surface area contributed by atoms with Gasteiger partial charge >= 0.3 is 17.9 Å². The van der Waals surface area contributed by atoms with E-state index in [0.29, 0.717) is 0 Å². The Labute approximate surface area is 103 Å². The van der Waals surface area contributed by atoms with Crippen LogP contribution in [0.2, 0.25) is 0 Å². The van der Waals surface area contributed by atoms with Gasteiger partial charge in [0.2, 0.25) is 6.29 Å². The van der Waals surface area contributed by atoms with E-state index in [1.165, 1.54) is 14.2 Å². The number of carbonyl (C=O) groups excluding carboxylic acids is 3. The van der Waals surface area contributed by atoms with Crippen LogP contribution in [-0.4, -0.2) is 45.0 Å². The van der Waals surface area contributed by atoms with Gasteiger partial charge in [-0.25, -0.2) is 0 Å². The third kappa shape index (κ3) is 1.66. The van der Waals surface area contributed by atoms with E-state index in [1.54, 1.807) is 0 Å². The molecule has 0 aromatic rings. The fourth-order valence-electron chi connectivity index (χ4n) is 2.55. The maximum absolute atomic E-state index is 12.0. The molecule has 0 aromatic heterocycles. The van der Waals surface area contributed by atoms with Gasteiger partial charge in [-0.1, -0.05) is 0 Å². The molecule has 0 N–H and O–H groups in total. The van der Waals surface area contributed by atoms with Gasteiger partial charge in [0.1, 0.15) is 0 Å². The Morgan fingerprint density at radius 3 is 2.61 bits per heavy atom. The van der Waals surface area contributed by atoms with E-state index in [9.17, 15) is 14.4 Å². The Kier molecular flexibility index (Phi) is 3.25. The highest BCUT2D eigenvalue weighted by Gasteiger charge is 2.63. The van der Waals surface area contributed by atoms with Crippen molar-refractivity contribution in [1.29, 1.82) is 0 Å². The predicted molar refractivity (Wildman–Crippen MR) is 55.0 cm³/mol. The number of methoxy groups -OCH3 is 2. The summed E-state index contributed by atoms with van der Waals surface area (Å²) in [5, 5.41) is 0. The van der Waals surface area contributed by atoms with E-state index in [-0.39, 0.29) is 19.4 Å². The second kappa shape index (κ2) is 4.56. The summed E-state index contributed by atoms with van der Waals surface area (Å²) in [5.41, 5.74) is -1.50. The van der Waals surface area contributed by atoms with Gasteiger partial charge < -0.3 is 18.9 Å². The first kappa shape index (κ1) is 12.8. The van der Waals surface area contributed by atoms with Crippen LogP contribution in [0, 0.1) is 11.3 Å². The summed E-state index contributed by atoms with van der Waals surface area (Å²) >= 11 is 0. The largest absolute Gasteiger partial charge is 0.468 e. The highest BCUT2D eigenvalue weighted by molar-refractivity contribution is 6.02. The lowest BCUT2D eigenvalue weighted by atomic mass is 9.73. The Morgan fingerprint density at radius 1 is 1.39 bits per heavy atom. The summed E-state index contributed by atoms with van der Waals surface area (Å²) in [5.74, 6) is -2.61. The lowest BCUT2D eigenvalue weighted by Crippen LogP contribution is -2.47. The summed E-state index contributed by atoms with van der Waals surface area (Å²) in [6.07, 6.45) is -0.829. The minimum atomic E-state index is -1.50. The number of esters is 3. The normalized spacial score (nSPS) is 35.2. The Hall–Kier alpha value is -1.63. The van der Waals surface area contributed by atoms with E-state index in [1.807, 2.05) is 0 Å². The third-order valence-electron chi connectivity index (χ3n) is 3.47. The number of rotatable bonds is 3. The van der Waals surface area contributed by atoms with Crippen LogP contribution in [0.25, 0.3) is 0 Å². The number of cyclic esters (lactones) is 2. The monoisotopic (exact) mass is 258 g/mol. The summed E-state index contributed by atoms with van der Waals surface area (Å²) in [4.78, 5) is 35.2. The zero-order chi connectivity index (χ0) is 13.3. The standard InChI is InChI=1S/C11H14O7/c1-15-8-6(5-7(12)18-8)11(9(13)16-2)3-4-17-10(11)14/h6,8H,3-5H2,1-2H3. The van der Waals surface area contributed by atoms with Gasteiger partial charge in [0, 0.05) is 13.5 Å². The second-order valence-corrected chi connectivity index (χ2v) is 4.25. The van der Waals surface area contributed by atoms with Crippen LogP contribution in [0.5, 0.6) is 0 Å². The zero-order valence-electron chi connectivity index (χ0n) is 10.1. The molecule has 2 heterocycles. The minimum Gasteiger partial charge on any atom is -0.468 e. The molecule has 18 heavy (non-hydrogen) atoms. The van der Waals surface area contributed by atoms with Crippen molar-refractivity contribution < 1.29 is 33.3 Å². The molecule has 100 valence electrons. The van der Waals surface area contributed by atoms with E-state index < -0.39 is 35.5 Å². The Morgan fingerprint density at radius 2 is 2.11 bits per heavy atom. The average Bonchev–Trinajstić information content (AvgIpc) is 2.92. The van der Waals surface area contributed by atoms with E-state index in [0.717, 1.165) is 0 Å². The molecule has 0 bridgehead atoms. The average molecular weight is 258 g/mol. The van der Waals surface area contributed by atoms with Crippen molar-refractivity contribution in [3.63, 3.8) is 0 Å². The number of carbonyl (C=O) groups is 3. The fourth-order valence-corrected chi connectivity index (χ4v) is 2.55. The number of hydrogen-bond donors (Lipinski definition) is 0. The van der Waals surface area contributed by atoms with Crippen LogP contribution in [0.15, 0.2) is 0 Å². The maximum atomic E-state index is 12.0. The highest BCUT2D eigenvalue weighted by atomic mass is 16.7. The van der Waals surface area contributed by atoms with Crippen molar-refractivity contribution in [1.82, 2.24) is 0 Å². The predicted octanol–water partition coefficient (Wildman–Crippen LogP) is -0.372. The van der Waals surface area contributed by atoms with Gasteiger partial charge in [-0.05, 0) is 0 Å². The van der Waals surface area contributed by atoms with Gasteiger partial charge in [0.05, 0.1) is 26.1 Å². The number of ether oxygens (including phenoxy) is 4. The lowest BCUT2D eigenvalue weighted by molar-refractivity contribution is -0.183. The van der Waals surface area contributed by atoms with E-state index >= 15 is 0 Å². The quantitative estimate of drug-likeness (QED) is 0.387. The van der Waals surface area contributed by atoms with Crippen molar-refractivity contribution in [2.75, 3.05) is 20.8 Å². The summed E-state index contributed by atoms with van der Waals surface area (Å²) in [7, 11) is 2.54. The van der Waals surface area contributed by atoms with Gasteiger partial charge in [-0.15, -0.1) is 0 Å². The van der Waals surface area contributed by atoms with Crippen LogP contribution >= 0.6 is 0 Å². The molecule has 2 fully saturated rings. The first-order valence-corrected chi connectivity index (χ1v) is 5.54. The van der Waals surface area contributed by atoms with Crippen LogP contribution < -0.4 is 0 Å². The molecule has 0 aromatic carbocycles. The third-order valence-corrected chi connectivity index (χ3v) is 3.47. The highest BCUT2D eigenvalue weighted by Crippen LogP contribution is 2.46. The molecule has 0 spiro atoms. The van der Waals surface area contributed by atoms with E-state index in [2.05, 4.69) is 4.74 Å². The van der Waals surface area contributed by atoms with Gasteiger partial charge in [0.25, 0.3) is 0 Å². The Balaban J connectivity index is 2.38. The molecule has 2 aliphatic rings. The lowest BCUT2D eigenvalue weighted by Gasteiger charge is -2.29. The molecule has 7 heteroatoms. The maximum Gasteiger partial charge on any atom is 0.324 e. The van der Waals surface area contributed by atoms with Crippen LogP contribution in [-0.2, 0) is 33.3 Å². The fraction of sp³-hybridized carbons (Fsp3) is 0.727. The van der Waals surface area contributed by atoms with Crippen LogP contribution in [0.1, 0.15) is 12.8 Å². The number of hydrogen-bond acceptors (Lipinski definition) is 7. The van der Waals surface area contributed by atoms with Gasteiger partial charge in [0.15, 0.2) is 5.41 Å². The zero-order valence-corrected chi connectivity index (χ0v) is 10.1. The Bertz CT molecular complexity index is 391. The smallest absolute Gasteiger partial charge is 0.324 e. The molecule has 7 nitrogen and oxygen atoms in total. The molecule has 3 atom stereocenters. The van der Waals surface area contributed by atoms with Gasteiger partial charge in [-0.3, -0.25) is 14.4 Å². The summed E-state index contributed by atoms with van der Waals surface area (Å²) < 4.78 is 19.5. The molecular weight excluding hydrogens is 244 g/mol. The summed E-state index contributed by atoms with van der Waals surface area (Å²) in [6, 6.07) is 0. The molecule has 0 saturated carbocycles. The molecule has 3 unspecified atom stereocenters. The summed E-state index contributed by atoms with van der Waals surface area (Å²) in [6.45, 7) is 0.120. The minimum absolute atomic E-state index is 0.0668.